The molecule has 96 valence electrons. The predicted octanol–water partition coefficient (Wildman–Crippen LogP) is 2.96. The summed E-state index contributed by atoms with van der Waals surface area (Å²) in [5.41, 5.74) is 2.42. The Labute approximate surface area is 111 Å². The highest BCUT2D eigenvalue weighted by Gasteiger charge is 2.05. The van der Waals surface area contributed by atoms with E-state index in [-0.39, 0.29) is 5.91 Å². The number of hydrogen-bond donors (Lipinski definition) is 2. The Bertz CT molecular complexity index is 548. The lowest BCUT2D eigenvalue weighted by Gasteiger charge is -2.03. The van der Waals surface area contributed by atoms with E-state index in [9.17, 15) is 4.79 Å². The molecule has 4 heteroatoms. The average molecular weight is 262 g/mol. The third-order valence-corrected chi connectivity index (χ3v) is 3.69. The Morgan fingerprint density at radius 3 is 3.00 bits per heavy atom. The van der Waals surface area contributed by atoms with Crippen LogP contribution in [0.5, 0.6) is 0 Å². The molecule has 3 nitrogen and oxygen atoms in total. The van der Waals surface area contributed by atoms with Crippen molar-refractivity contribution in [2.45, 2.75) is 25.2 Å². The van der Waals surface area contributed by atoms with Crippen molar-refractivity contribution in [3.63, 3.8) is 0 Å². The lowest BCUT2D eigenvalue weighted by molar-refractivity contribution is -0.118. The maximum Gasteiger partial charge on any atom is 0.216 e. The molecule has 0 radical (unpaired) electrons. The van der Waals surface area contributed by atoms with Crippen LogP contribution in [0.2, 0.25) is 0 Å². The van der Waals surface area contributed by atoms with E-state index in [0.717, 1.165) is 17.7 Å². The molecule has 18 heavy (non-hydrogen) atoms. The molecule has 0 aliphatic carbocycles. The molecular formula is C14H18N2OS. The van der Waals surface area contributed by atoms with E-state index in [1.54, 1.807) is 6.92 Å². The first-order chi connectivity index (χ1) is 8.70. The van der Waals surface area contributed by atoms with Crippen LogP contribution in [0.4, 0.5) is 0 Å². The number of fused-ring (bicyclic) bond motifs is 1. The highest BCUT2D eigenvalue weighted by Crippen LogP contribution is 2.25. The number of carbonyl (C=O) groups excluding carboxylic acids is 1. The summed E-state index contributed by atoms with van der Waals surface area (Å²) < 4.78 is 0. The van der Waals surface area contributed by atoms with E-state index in [2.05, 4.69) is 35.4 Å². The molecule has 2 aromatic rings. The van der Waals surface area contributed by atoms with Gasteiger partial charge < -0.3 is 10.3 Å². The van der Waals surface area contributed by atoms with Gasteiger partial charge in [0.25, 0.3) is 0 Å². The maximum absolute atomic E-state index is 10.9. The first-order valence-electron chi connectivity index (χ1n) is 6.18. The molecule has 0 aliphatic heterocycles. The van der Waals surface area contributed by atoms with Crippen molar-refractivity contribution in [3.05, 3.63) is 30.0 Å². The summed E-state index contributed by atoms with van der Waals surface area (Å²) in [6.45, 7) is 4.39. The van der Waals surface area contributed by atoms with Crippen molar-refractivity contribution in [1.29, 1.82) is 0 Å². The fourth-order valence-corrected chi connectivity index (χ4v) is 2.69. The quantitative estimate of drug-likeness (QED) is 0.814. The van der Waals surface area contributed by atoms with Crippen LogP contribution in [0.15, 0.2) is 29.3 Å². The Hall–Kier alpha value is -1.42. The topological polar surface area (TPSA) is 44.9 Å². The largest absolute Gasteiger partial charge is 0.361 e. The number of carbonyl (C=O) groups is 1. The van der Waals surface area contributed by atoms with E-state index in [0.29, 0.717) is 6.54 Å². The Morgan fingerprint density at radius 2 is 2.28 bits per heavy atom. The summed E-state index contributed by atoms with van der Waals surface area (Å²) in [6.07, 6.45) is 2.90. The van der Waals surface area contributed by atoms with Crippen LogP contribution < -0.4 is 5.32 Å². The Balaban J connectivity index is 2.16. The number of rotatable bonds is 5. The first kappa shape index (κ1) is 13.0. The zero-order chi connectivity index (χ0) is 13.0. The van der Waals surface area contributed by atoms with Crippen LogP contribution >= 0.6 is 11.8 Å². The van der Waals surface area contributed by atoms with Crippen molar-refractivity contribution in [3.8, 4) is 0 Å². The lowest BCUT2D eigenvalue weighted by Crippen LogP contribution is -2.22. The molecule has 1 amide bonds. The van der Waals surface area contributed by atoms with Crippen LogP contribution in [0.1, 0.15) is 19.4 Å². The molecule has 2 N–H and O–H groups in total. The van der Waals surface area contributed by atoms with Crippen LogP contribution in [0.3, 0.4) is 0 Å². The fourth-order valence-electron chi connectivity index (χ4n) is 1.99. The van der Waals surface area contributed by atoms with Gasteiger partial charge in [0.15, 0.2) is 0 Å². The number of aromatic amines is 1. The molecule has 0 saturated carbocycles. The summed E-state index contributed by atoms with van der Waals surface area (Å²) in [4.78, 5) is 15.4. The summed E-state index contributed by atoms with van der Waals surface area (Å²) in [6, 6.07) is 6.49. The first-order valence-corrected chi connectivity index (χ1v) is 7.16. The number of thioether (sulfide) groups is 1. The Kier molecular flexibility index (Phi) is 4.31. The monoisotopic (exact) mass is 262 g/mol. The third kappa shape index (κ3) is 3.07. The smallest absolute Gasteiger partial charge is 0.216 e. The van der Waals surface area contributed by atoms with E-state index >= 15 is 0 Å². The summed E-state index contributed by atoms with van der Waals surface area (Å²) in [5.74, 6) is 1.11. The molecule has 2 rings (SSSR count). The van der Waals surface area contributed by atoms with Gasteiger partial charge in [-0.25, -0.2) is 0 Å². The van der Waals surface area contributed by atoms with Gasteiger partial charge in [0, 0.05) is 35.5 Å². The minimum Gasteiger partial charge on any atom is -0.361 e. The SMILES string of the molecule is CCSc1ccc2[nH]cc(CCNC(C)=O)c2c1. The zero-order valence-electron chi connectivity index (χ0n) is 10.7. The molecule has 0 atom stereocenters. The van der Waals surface area contributed by atoms with Crippen LogP contribution in [-0.4, -0.2) is 23.2 Å². The van der Waals surface area contributed by atoms with Crippen molar-refractivity contribution in [1.82, 2.24) is 10.3 Å². The number of hydrogen-bond acceptors (Lipinski definition) is 2. The average Bonchev–Trinajstić information content (AvgIpc) is 2.72. The van der Waals surface area contributed by atoms with Crippen LogP contribution in [0, 0.1) is 0 Å². The van der Waals surface area contributed by atoms with Crippen LogP contribution in [0.25, 0.3) is 10.9 Å². The van der Waals surface area contributed by atoms with Gasteiger partial charge in [-0.3, -0.25) is 4.79 Å². The number of amides is 1. The molecular weight excluding hydrogens is 244 g/mol. The number of aromatic nitrogens is 1. The second-order valence-electron chi connectivity index (χ2n) is 4.19. The molecule has 1 aromatic heterocycles. The standard InChI is InChI=1S/C14H18N2OS/c1-3-18-12-4-5-14-13(8-12)11(9-16-14)6-7-15-10(2)17/h4-5,8-9,16H,3,6-7H2,1-2H3,(H,15,17). The number of benzene rings is 1. The van der Waals surface area contributed by atoms with E-state index < -0.39 is 0 Å². The third-order valence-electron chi connectivity index (χ3n) is 2.82. The van der Waals surface area contributed by atoms with Crippen molar-refractivity contribution in [2.24, 2.45) is 0 Å². The summed E-state index contributed by atoms with van der Waals surface area (Å²) in [5, 5.41) is 4.09. The normalized spacial score (nSPS) is 10.8. The fraction of sp³-hybridized carbons (Fsp3) is 0.357. The second-order valence-corrected chi connectivity index (χ2v) is 5.52. The van der Waals surface area contributed by atoms with Gasteiger partial charge in [-0.2, -0.15) is 0 Å². The van der Waals surface area contributed by atoms with Gasteiger partial charge in [0.2, 0.25) is 5.91 Å². The van der Waals surface area contributed by atoms with Crippen molar-refractivity contribution in [2.75, 3.05) is 12.3 Å². The van der Waals surface area contributed by atoms with Gasteiger partial charge in [-0.1, -0.05) is 6.92 Å². The second kappa shape index (κ2) is 5.96. The van der Waals surface area contributed by atoms with Gasteiger partial charge in [0.1, 0.15) is 0 Å². The van der Waals surface area contributed by atoms with Gasteiger partial charge in [-0.05, 0) is 35.9 Å². The van der Waals surface area contributed by atoms with Gasteiger partial charge in [-0.15, -0.1) is 11.8 Å². The molecule has 0 aliphatic rings. The van der Waals surface area contributed by atoms with E-state index in [1.165, 1.54) is 15.8 Å². The summed E-state index contributed by atoms with van der Waals surface area (Å²) >= 11 is 1.85. The van der Waals surface area contributed by atoms with Gasteiger partial charge in [0.05, 0.1) is 0 Å². The van der Waals surface area contributed by atoms with Crippen molar-refractivity contribution >= 4 is 28.6 Å². The molecule has 0 saturated heterocycles. The molecule has 0 bridgehead atoms. The molecule has 1 aromatic carbocycles. The van der Waals surface area contributed by atoms with Gasteiger partial charge >= 0.3 is 0 Å². The maximum atomic E-state index is 10.9. The summed E-state index contributed by atoms with van der Waals surface area (Å²) in [7, 11) is 0. The highest BCUT2D eigenvalue weighted by atomic mass is 32.2. The minimum atomic E-state index is 0.0251. The van der Waals surface area contributed by atoms with Crippen LogP contribution in [-0.2, 0) is 11.2 Å². The van der Waals surface area contributed by atoms with E-state index in [4.69, 9.17) is 0 Å². The Morgan fingerprint density at radius 1 is 1.44 bits per heavy atom. The predicted molar refractivity (Wildman–Crippen MR) is 77.1 cm³/mol. The minimum absolute atomic E-state index is 0.0251. The van der Waals surface area contributed by atoms with Crippen molar-refractivity contribution < 1.29 is 4.79 Å². The lowest BCUT2D eigenvalue weighted by atomic mass is 10.1. The zero-order valence-corrected chi connectivity index (χ0v) is 11.6. The highest BCUT2D eigenvalue weighted by molar-refractivity contribution is 7.99. The molecule has 0 unspecified atom stereocenters. The molecule has 1 heterocycles. The number of H-pyrrole nitrogens is 1. The number of nitrogens with one attached hydrogen (secondary N) is 2. The molecule has 0 fully saturated rings. The molecule has 0 spiro atoms. The van der Waals surface area contributed by atoms with E-state index in [1.807, 2.05) is 18.0 Å².